The lowest BCUT2D eigenvalue weighted by atomic mass is 9.91. The van der Waals surface area contributed by atoms with Crippen LogP contribution in [0.15, 0.2) is 24.3 Å². The minimum Gasteiger partial charge on any atom is -0.448 e. The van der Waals surface area contributed by atoms with Gasteiger partial charge in [-0.1, -0.05) is 12.1 Å². The predicted molar refractivity (Wildman–Crippen MR) is 53.5 cm³/mol. The number of aryl methyl sites for hydroxylation is 1. The summed E-state index contributed by atoms with van der Waals surface area (Å²) >= 11 is 0. The van der Waals surface area contributed by atoms with Gasteiger partial charge < -0.3 is 17.8 Å². The van der Waals surface area contributed by atoms with E-state index in [2.05, 4.69) is 0 Å². The van der Waals surface area contributed by atoms with E-state index in [1.165, 1.54) is 11.9 Å². The van der Waals surface area contributed by atoms with Gasteiger partial charge in [-0.2, -0.15) is 0 Å². The Morgan fingerprint density at radius 3 is 2.43 bits per heavy atom. The van der Waals surface area contributed by atoms with Gasteiger partial charge in [-0.3, -0.25) is 0 Å². The number of hydrogen-bond donors (Lipinski definition) is 0. The summed E-state index contributed by atoms with van der Waals surface area (Å²) in [5.74, 6) is 0. The van der Waals surface area contributed by atoms with Gasteiger partial charge in [0.05, 0.1) is 0 Å². The Balaban J connectivity index is 2.74. The summed E-state index contributed by atoms with van der Waals surface area (Å²) in [6, 6.07) is 7.03. The highest BCUT2D eigenvalue weighted by Crippen LogP contribution is 2.18. The van der Waals surface area contributed by atoms with E-state index in [9.17, 15) is 12.9 Å². The summed E-state index contributed by atoms with van der Waals surface area (Å²) < 4.78 is 36.3. The molecule has 0 saturated heterocycles. The van der Waals surface area contributed by atoms with Gasteiger partial charge in [0.1, 0.15) is 0 Å². The third kappa shape index (κ3) is 3.32. The van der Waals surface area contributed by atoms with Gasteiger partial charge in [0, 0.05) is 12.7 Å². The molecule has 0 aliphatic carbocycles. The second-order valence-electron chi connectivity index (χ2n) is 3.43. The van der Waals surface area contributed by atoms with Crippen LogP contribution in [0, 0.1) is 6.92 Å². The van der Waals surface area contributed by atoms with E-state index >= 15 is 0 Å². The van der Waals surface area contributed by atoms with Crippen molar-refractivity contribution in [3.8, 4) is 0 Å². The number of benzene rings is 1. The molecule has 78 valence electrons. The molecule has 0 amide bonds. The van der Waals surface area contributed by atoms with E-state index in [1.807, 2.05) is 13.0 Å². The molecule has 1 rings (SSSR count). The smallest absolute Gasteiger partial charge is 0.448 e. The molecule has 0 spiro atoms. The number of nitrogens with zero attached hydrogens (tertiary/aromatic N) is 1. The first-order valence-corrected chi connectivity index (χ1v) is 4.37. The first-order valence-electron chi connectivity index (χ1n) is 4.37. The van der Waals surface area contributed by atoms with Gasteiger partial charge in [-0.05, 0) is 31.1 Å². The van der Waals surface area contributed by atoms with Crippen LogP contribution in [0.3, 0.4) is 0 Å². The SMILES string of the molecule is Cc1cccc(N(C)C[B-](F)(F)F)c1. The number of halogens is 3. The van der Waals surface area contributed by atoms with Crippen LogP contribution in [0.1, 0.15) is 5.56 Å². The fraction of sp³-hybridized carbons (Fsp3) is 0.333. The van der Waals surface area contributed by atoms with E-state index in [0.29, 0.717) is 5.69 Å². The van der Waals surface area contributed by atoms with Crippen LogP contribution in [0.25, 0.3) is 0 Å². The van der Waals surface area contributed by atoms with Crippen LogP contribution in [0.2, 0.25) is 0 Å². The van der Waals surface area contributed by atoms with Gasteiger partial charge in [0.25, 0.3) is 0 Å². The fourth-order valence-corrected chi connectivity index (χ4v) is 1.28. The number of anilines is 1. The lowest BCUT2D eigenvalue weighted by Crippen LogP contribution is -2.35. The van der Waals surface area contributed by atoms with Crippen molar-refractivity contribution in [3.63, 3.8) is 0 Å². The summed E-state index contributed by atoms with van der Waals surface area (Å²) in [5.41, 5.74) is 1.56. The topological polar surface area (TPSA) is 3.24 Å². The van der Waals surface area contributed by atoms with Crippen LogP contribution in [0.4, 0.5) is 18.6 Å². The average molecular weight is 202 g/mol. The molecule has 1 nitrogen and oxygen atoms in total. The van der Waals surface area contributed by atoms with Gasteiger partial charge >= 0.3 is 6.98 Å². The zero-order valence-corrected chi connectivity index (χ0v) is 8.17. The Hall–Kier alpha value is -1.13. The molecule has 5 heteroatoms. The van der Waals surface area contributed by atoms with E-state index in [-0.39, 0.29) is 0 Å². The Labute approximate surface area is 81.6 Å². The molecule has 0 bridgehead atoms. The summed E-state index contributed by atoms with van der Waals surface area (Å²) in [7, 11) is 1.45. The maximum Gasteiger partial charge on any atom is 0.497 e. The van der Waals surface area contributed by atoms with Crippen molar-refractivity contribution in [1.29, 1.82) is 0 Å². The van der Waals surface area contributed by atoms with Crippen molar-refractivity contribution in [2.75, 3.05) is 18.4 Å². The van der Waals surface area contributed by atoms with Crippen LogP contribution < -0.4 is 4.90 Å². The minimum absolute atomic E-state index is 0.601. The monoisotopic (exact) mass is 202 g/mol. The molecular formula is C9H12BF3N-. The third-order valence-electron chi connectivity index (χ3n) is 1.92. The van der Waals surface area contributed by atoms with Crippen molar-refractivity contribution in [3.05, 3.63) is 29.8 Å². The molecule has 0 atom stereocenters. The molecule has 0 unspecified atom stereocenters. The lowest BCUT2D eigenvalue weighted by molar-refractivity contribution is 0.470. The fourth-order valence-electron chi connectivity index (χ4n) is 1.28. The van der Waals surface area contributed by atoms with E-state index in [1.54, 1.807) is 18.2 Å². The standard InChI is InChI=1S/C9H12BF3N/c1-8-4-3-5-9(6-8)14(2)7-10(11,12)13/h3-6H,7H2,1-2H3/q-1. The largest absolute Gasteiger partial charge is 0.497 e. The molecule has 1 aromatic rings. The molecule has 1 aromatic carbocycles. The highest BCUT2D eigenvalue weighted by molar-refractivity contribution is 6.59. The number of rotatable bonds is 3. The first kappa shape index (κ1) is 11.0. The summed E-state index contributed by atoms with van der Waals surface area (Å²) in [6.07, 6.45) is -0.858. The lowest BCUT2D eigenvalue weighted by Gasteiger charge is -2.25. The molecule has 0 aliphatic heterocycles. The molecule has 14 heavy (non-hydrogen) atoms. The molecule has 0 N–H and O–H groups in total. The number of hydrogen-bond acceptors (Lipinski definition) is 1. The van der Waals surface area contributed by atoms with Gasteiger partial charge in [0.15, 0.2) is 0 Å². The van der Waals surface area contributed by atoms with Gasteiger partial charge in [0.2, 0.25) is 0 Å². The predicted octanol–water partition coefficient (Wildman–Crippen LogP) is 2.82. The van der Waals surface area contributed by atoms with Crippen LogP contribution in [-0.2, 0) is 0 Å². The van der Waals surface area contributed by atoms with Crippen LogP contribution in [0.5, 0.6) is 0 Å². The van der Waals surface area contributed by atoms with Gasteiger partial charge in [-0.25, -0.2) is 0 Å². The van der Waals surface area contributed by atoms with Crippen molar-refractivity contribution in [2.45, 2.75) is 6.92 Å². The molecule has 0 heterocycles. The molecule has 0 radical (unpaired) electrons. The molecule has 0 aliphatic rings. The zero-order valence-electron chi connectivity index (χ0n) is 8.17. The van der Waals surface area contributed by atoms with Gasteiger partial charge in [-0.15, -0.1) is 0 Å². The summed E-state index contributed by atoms with van der Waals surface area (Å²) in [5, 5.41) is 0. The molecular weight excluding hydrogens is 190 g/mol. The Morgan fingerprint density at radius 2 is 1.93 bits per heavy atom. The quantitative estimate of drug-likeness (QED) is 0.681. The van der Waals surface area contributed by atoms with Crippen molar-refractivity contribution >= 4 is 12.7 Å². The van der Waals surface area contributed by atoms with E-state index in [0.717, 1.165) is 5.56 Å². The Morgan fingerprint density at radius 1 is 1.29 bits per heavy atom. The van der Waals surface area contributed by atoms with E-state index in [4.69, 9.17) is 0 Å². The highest BCUT2D eigenvalue weighted by Gasteiger charge is 2.25. The average Bonchev–Trinajstić information content (AvgIpc) is 2.01. The Bertz CT molecular complexity index is 311. The maximum atomic E-state index is 12.1. The maximum absolute atomic E-state index is 12.1. The third-order valence-corrected chi connectivity index (χ3v) is 1.92. The molecule has 0 aromatic heterocycles. The van der Waals surface area contributed by atoms with Crippen molar-refractivity contribution in [2.24, 2.45) is 0 Å². The molecule has 0 fully saturated rings. The van der Waals surface area contributed by atoms with Crippen molar-refractivity contribution < 1.29 is 12.9 Å². The first-order chi connectivity index (χ1) is 6.38. The Kier molecular flexibility index (Phi) is 3.08. The summed E-state index contributed by atoms with van der Waals surface area (Å²) in [4.78, 5) is 1.22. The second kappa shape index (κ2) is 3.94. The van der Waals surface area contributed by atoms with Crippen LogP contribution in [-0.4, -0.2) is 20.5 Å². The van der Waals surface area contributed by atoms with Crippen LogP contribution >= 0.6 is 0 Å². The summed E-state index contributed by atoms with van der Waals surface area (Å²) in [6.45, 7) is -2.90. The zero-order chi connectivity index (χ0) is 10.8. The van der Waals surface area contributed by atoms with E-state index < -0.39 is 13.4 Å². The van der Waals surface area contributed by atoms with Crippen molar-refractivity contribution in [1.82, 2.24) is 0 Å². The minimum atomic E-state index is -4.76. The second-order valence-corrected chi connectivity index (χ2v) is 3.43. The highest BCUT2D eigenvalue weighted by atomic mass is 19.4. The normalized spacial score (nSPS) is 11.5. The molecule has 0 saturated carbocycles.